The SMILES string of the molecule is CCCC(Br)CNC(=O)c1cnn(C)c1. The fourth-order valence-corrected chi connectivity index (χ4v) is 1.88. The van der Waals surface area contributed by atoms with Crippen molar-refractivity contribution in [3.05, 3.63) is 18.0 Å². The van der Waals surface area contributed by atoms with Gasteiger partial charge in [0.05, 0.1) is 11.8 Å². The van der Waals surface area contributed by atoms with E-state index in [1.54, 1.807) is 24.1 Å². The fourth-order valence-electron chi connectivity index (χ4n) is 1.26. The van der Waals surface area contributed by atoms with E-state index in [-0.39, 0.29) is 5.91 Å². The first-order chi connectivity index (χ1) is 7.13. The van der Waals surface area contributed by atoms with Crippen LogP contribution in [0, 0.1) is 0 Å². The van der Waals surface area contributed by atoms with Crippen LogP contribution < -0.4 is 5.32 Å². The number of rotatable bonds is 5. The molecule has 15 heavy (non-hydrogen) atoms. The summed E-state index contributed by atoms with van der Waals surface area (Å²) in [5.41, 5.74) is 0.605. The molecular formula is C10H16BrN3O. The van der Waals surface area contributed by atoms with E-state index in [0.717, 1.165) is 12.8 Å². The van der Waals surface area contributed by atoms with E-state index in [4.69, 9.17) is 0 Å². The van der Waals surface area contributed by atoms with E-state index in [0.29, 0.717) is 16.9 Å². The van der Waals surface area contributed by atoms with E-state index in [2.05, 4.69) is 33.3 Å². The summed E-state index contributed by atoms with van der Waals surface area (Å²) in [6, 6.07) is 0. The van der Waals surface area contributed by atoms with Crippen molar-refractivity contribution in [2.75, 3.05) is 6.54 Å². The first-order valence-corrected chi connectivity index (χ1v) is 5.96. The Bertz CT molecular complexity index is 324. The number of amides is 1. The maximum absolute atomic E-state index is 11.6. The molecule has 0 bridgehead atoms. The van der Waals surface area contributed by atoms with Gasteiger partial charge >= 0.3 is 0 Å². The minimum atomic E-state index is -0.0661. The number of alkyl halides is 1. The summed E-state index contributed by atoms with van der Waals surface area (Å²) < 4.78 is 1.62. The quantitative estimate of drug-likeness (QED) is 0.831. The maximum Gasteiger partial charge on any atom is 0.254 e. The number of hydrogen-bond acceptors (Lipinski definition) is 2. The third kappa shape index (κ3) is 4.03. The number of aromatic nitrogens is 2. The second-order valence-corrected chi connectivity index (χ2v) is 4.79. The summed E-state index contributed by atoms with van der Waals surface area (Å²) in [4.78, 5) is 11.9. The van der Waals surface area contributed by atoms with Gasteiger partial charge in [0.1, 0.15) is 0 Å². The molecule has 0 aliphatic carbocycles. The number of hydrogen-bond donors (Lipinski definition) is 1. The maximum atomic E-state index is 11.6. The average molecular weight is 274 g/mol. The molecular weight excluding hydrogens is 258 g/mol. The molecule has 1 unspecified atom stereocenters. The second kappa shape index (κ2) is 5.90. The molecule has 0 aromatic carbocycles. The van der Waals surface area contributed by atoms with Crippen LogP contribution in [0.1, 0.15) is 30.1 Å². The van der Waals surface area contributed by atoms with Crippen molar-refractivity contribution in [1.82, 2.24) is 15.1 Å². The van der Waals surface area contributed by atoms with Crippen molar-refractivity contribution in [1.29, 1.82) is 0 Å². The molecule has 0 fully saturated rings. The zero-order chi connectivity index (χ0) is 11.3. The monoisotopic (exact) mass is 273 g/mol. The van der Waals surface area contributed by atoms with Crippen molar-refractivity contribution in [3.63, 3.8) is 0 Å². The topological polar surface area (TPSA) is 46.9 Å². The Kier molecular flexibility index (Phi) is 4.81. The standard InChI is InChI=1S/C10H16BrN3O/c1-3-4-9(11)6-12-10(15)8-5-13-14(2)7-8/h5,7,9H,3-4,6H2,1-2H3,(H,12,15). The molecule has 84 valence electrons. The van der Waals surface area contributed by atoms with E-state index >= 15 is 0 Å². The predicted octanol–water partition coefficient (Wildman–Crippen LogP) is 1.71. The van der Waals surface area contributed by atoms with Gasteiger partial charge in [-0.3, -0.25) is 9.48 Å². The van der Waals surface area contributed by atoms with Gasteiger partial charge in [-0.2, -0.15) is 5.10 Å². The normalized spacial score (nSPS) is 12.5. The van der Waals surface area contributed by atoms with Crippen molar-refractivity contribution in [2.24, 2.45) is 7.05 Å². The number of carbonyl (C=O) groups is 1. The van der Waals surface area contributed by atoms with E-state index < -0.39 is 0 Å². The van der Waals surface area contributed by atoms with Gasteiger partial charge in [-0.05, 0) is 6.42 Å². The lowest BCUT2D eigenvalue weighted by Gasteiger charge is -2.08. The molecule has 1 N–H and O–H groups in total. The molecule has 0 aliphatic rings. The molecule has 0 saturated carbocycles. The van der Waals surface area contributed by atoms with Crippen LogP contribution in [0.4, 0.5) is 0 Å². The highest BCUT2D eigenvalue weighted by atomic mass is 79.9. The third-order valence-corrected chi connectivity index (χ3v) is 2.83. The van der Waals surface area contributed by atoms with Gasteiger partial charge in [0.15, 0.2) is 0 Å². The first-order valence-electron chi connectivity index (χ1n) is 5.04. The summed E-state index contributed by atoms with van der Waals surface area (Å²) in [5, 5.41) is 6.80. The number of nitrogens with one attached hydrogen (secondary N) is 1. The van der Waals surface area contributed by atoms with Crippen molar-refractivity contribution >= 4 is 21.8 Å². The highest BCUT2D eigenvalue weighted by molar-refractivity contribution is 9.09. The van der Waals surface area contributed by atoms with Gasteiger partial charge in [0.2, 0.25) is 0 Å². The van der Waals surface area contributed by atoms with Crippen LogP contribution in [-0.2, 0) is 7.05 Å². The molecule has 0 saturated heterocycles. The first kappa shape index (κ1) is 12.2. The van der Waals surface area contributed by atoms with Crippen LogP contribution in [0.3, 0.4) is 0 Å². The van der Waals surface area contributed by atoms with E-state index in [9.17, 15) is 4.79 Å². The summed E-state index contributed by atoms with van der Waals surface area (Å²) in [6.45, 7) is 2.78. The highest BCUT2D eigenvalue weighted by Gasteiger charge is 2.09. The lowest BCUT2D eigenvalue weighted by molar-refractivity contribution is 0.0953. The van der Waals surface area contributed by atoms with Crippen molar-refractivity contribution in [3.8, 4) is 0 Å². The molecule has 1 heterocycles. The lowest BCUT2D eigenvalue weighted by Crippen LogP contribution is -2.29. The molecule has 1 aromatic heterocycles. The molecule has 0 radical (unpaired) electrons. The highest BCUT2D eigenvalue weighted by Crippen LogP contribution is 2.06. The van der Waals surface area contributed by atoms with Crippen LogP contribution in [0.25, 0.3) is 0 Å². The minimum absolute atomic E-state index is 0.0661. The van der Waals surface area contributed by atoms with Gasteiger partial charge in [-0.1, -0.05) is 29.3 Å². The van der Waals surface area contributed by atoms with E-state index in [1.165, 1.54) is 0 Å². The number of nitrogens with zero attached hydrogens (tertiary/aromatic N) is 2. The average Bonchev–Trinajstić information content (AvgIpc) is 2.62. The zero-order valence-electron chi connectivity index (χ0n) is 9.03. The van der Waals surface area contributed by atoms with Crippen molar-refractivity contribution in [2.45, 2.75) is 24.6 Å². The smallest absolute Gasteiger partial charge is 0.254 e. The van der Waals surface area contributed by atoms with Gasteiger partial charge in [0.25, 0.3) is 5.91 Å². The fraction of sp³-hybridized carbons (Fsp3) is 0.600. The van der Waals surface area contributed by atoms with Crippen LogP contribution in [0.15, 0.2) is 12.4 Å². The summed E-state index contributed by atoms with van der Waals surface area (Å²) in [7, 11) is 1.79. The Morgan fingerprint density at radius 1 is 1.73 bits per heavy atom. The molecule has 1 amide bonds. The number of aryl methyl sites for hydroxylation is 1. The van der Waals surface area contributed by atoms with Crippen LogP contribution >= 0.6 is 15.9 Å². The van der Waals surface area contributed by atoms with Gasteiger partial charge in [-0.25, -0.2) is 0 Å². The van der Waals surface area contributed by atoms with Crippen molar-refractivity contribution < 1.29 is 4.79 Å². The van der Waals surface area contributed by atoms with Gasteiger partial charge in [-0.15, -0.1) is 0 Å². The Morgan fingerprint density at radius 2 is 2.47 bits per heavy atom. The molecule has 1 aromatic rings. The van der Waals surface area contributed by atoms with Gasteiger partial charge in [0, 0.05) is 24.6 Å². The molecule has 1 rings (SSSR count). The molecule has 1 atom stereocenters. The number of halogens is 1. The third-order valence-electron chi connectivity index (χ3n) is 2.05. The lowest BCUT2D eigenvalue weighted by atomic mass is 10.2. The number of carbonyl (C=O) groups excluding carboxylic acids is 1. The Balaban J connectivity index is 2.36. The molecule has 0 spiro atoms. The van der Waals surface area contributed by atoms with Crippen LogP contribution in [0.5, 0.6) is 0 Å². The van der Waals surface area contributed by atoms with E-state index in [1.807, 2.05) is 0 Å². The summed E-state index contributed by atoms with van der Waals surface area (Å²) in [6.07, 6.45) is 5.45. The van der Waals surface area contributed by atoms with Gasteiger partial charge < -0.3 is 5.32 Å². The summed E-state index contributed by atoms with van der Waals surface area (Å²) in [5.74, 6) is -0.0661. The Hall–Kier alpha value is -0.840. The largest absolute Gasteiger partial charge is 0.351 e. The minimum Gasteiger partial charge on any atom is -0.351 e. The molecule has 0 aliphatic heterocycles. The zero-order valence-corrected chi connectivity index (χ0v) is 10.6. The Labute approximate surface area is 98.2 Å². The second-order valence-electron chi connectivity index (χ2n) is 3.50. The Morgan fingerprint density at radius 3 is 3.00 bits per heavy atom. The van der Waals surface area contributed by atoms with Crippen LogP contribution in [-0.4, -0.2) is 27.1 Å². The predicted molar refractivity (Wildman–Crippen MR) is 63.2 cm³/mol. The molecule has 4 nitrogen and oxygen atoms in total. The summed E-state index contributed by atoms with van der Waals surface area (Å²) >= 11 is 3.51. The van der Waals surface area contributed by atoms with Crippen LogP contribution in [0.2, 0.25) is 0 Å². The molecule has 5 heteroatoms.